The summed E-state index contributed by atoms with van der Waals surface area (Å²) in [5.41, 5.74) is 0.341. The highest BCUT2D eigenvalue weighted by Crippen LogP contribution is 2.38. The molecule has 2 aliphatic rings. The molecule has 20 heavy (non-hydrogen) atoms. The van der Waals surface area contributed by atoms with Crippen molar-refractivity contribution in [1.29, 1.82) is 0 Å². The topological polar surface area (TPSA) is 76.1 Å². The molecule has 0 amide bonds. The fourth-order valence-corrected chi connectivity index (χ4v) is 3.10. The number of esters is 1. The number of aromatic nitrogens is 2. The van der Waals surface area contributed by atoms with Crippen molar-refractivity contribution in [3.05, 3.63) is 18.1 Å². The van der Waals surface area contributed by atoms with Gasteiger partial charge in [0.25, 0.3) is 0 Å². The lowest BCUT2D eigenvalue weighted by molar-refractivity contribution is 0.0586. The molecule has 0 aromatic carbocycles. The Morgan fingerprint density at radius 1 is 1.55 bits per heavy atom. The molecule has 3 rings (SSSR count). The van der Waals surface area contributed by atoms with Crippen molar-refractivity contribution in [3.63, 3.8) is 0 Å². The minimum absolute atomic E-state index is 0.102. The summed E-state index contributed by atoms with van der Waals surface area (Å²) in [6.45, 7) is 1.03. The molecule has 1 aromatic heterocycles. The van der Waals surface area contributed by atoms with Crippen LogP contribution in [0, 0.1) is 0 Å². The zero-order valence-electron chi connectivity index (χ0n) is 11.7. The van der Waals surface area contributed by atoms with E-state index in [4.69, 9.17) is 0 Å². The van der Waals surface area contributed by atoms with Gasteiger partial charge in [0, 0.05) is 17.8 Å². The lowest BCUT2D eigenvalue weighted by atomic mass is 9.70. The molecule has 1 saturated carbocycles. The van der Waals surface area contributed by atoms with Gasteiger partial charge in [0.15, 0.2) is 0 Å². The SMILES string of the molecule is COC(=O)c1nccc(NC2CCNC3(CCC3)C2)n1. The third-order valence-corrected chi connectivity index (χ3v) is 4.32. The molecule has 0 radical (unpaired) electrons. The molecule has 6 nitrogen and oxygen atoms in total. The first kappa shape index (κ1) is 13.3. The fourth-order valence-electron chi connectivity index (χ4n) is 3.10. The van der Waals surface area contributed by atoms with E-state index in [1.54, 1.807) is 12.3 Å². The van der Waals surface area contributed by atoms with Crippen LogP contribution in [0.5, 0.6) is 0 Å². The number of nitrogens with one attached hydrogen (secondary N) is 2. The Morgan fingerprint density at radius 3 is 3.10 bits per heavy atom. The molecular weight excluding hydrogens is 256 g/mol. The van der Waals surface area contributed by atoms with E-state index in [1.807, 2.05) is 0 Å². The Balaban J connectivity index is 1.66. The van der Waals surface area contributed by atoms with Crippen molar-refractivity contribution in [2.75, 3.05) is 19.0 Å². The van der Waals surface area contributed by atoms with E-state index in [9.17, 15) is 4.79 Å². The summed E-state index contributed by atoms with van der Waals surface area (Å²) in [7, 11) is 1.33. The Kier molecular flexibility index (Phi) is 3.56. The van der Waals surface area contributed by atoms with Crippen molar-refractivity contribution in [1.82, 2.24) is 15.3 Å². The second-order valence-electron chi connectivity index (χ2n) is 5.65. The predicted molar refractivity (Wildman–Crippen MR) is 74.6 cm³/mol. The maximum atomic E-state index is 11.4. The maximum Gasteiger partial charge on any atom is 0.376 e. The van der Waals surface area contributed by atoms with Crippen molar-refractivity contribution in [2.24, 2.45) is 0 Å². The van der Waals surface area contributed by atoms with E-state index in [0.717, 1.165) is 19.4 Å². The van der Waals surface area contributed by atoms with Crippen LogP contribution in [0.15, 0.2) is 12.3 Å². The molecule has 1 aromatic rings. The number of rotatable bonds is 3. The molecular formula is C14H20N4O2. The van der Waals surface area contributed by atoms with E-state index in [-0.39, 0.29) is 5.82 Å². The number of carbonyl (C=O) groups excluding carboxylic acids is 1. The predicted octanol–water partition coefficient (Wildman–Crippen LogP) is 1.35. The van der Waals surface area contributed by atoms with Gasteiger partial charge in [0.1, 0.15) is 5.82 Å². The molecule has 2 N–H and O–H groups in total. The standard InChI is InChI=1S/C14H20N4O2/c1-20-13(19)12-15-7-4-11(18-12)17-10-3-8-16-14(9-10)5-2-6-14/h4,7,10,16H,2-3,5-6,8-9H2,1H3,(H,15,17,18). The maximum absolute atomic E-state index is 11.4. The first-order chi connectivity index (χ1) is 9.71. The summed E-state index contributed by atoms with van der Waals surface area (Å²) in [6, 6.07) is 2.19. The smallest absolute Gasteiger partial charge is 0.376 e. The van der Waals surface area contributed by atoms with Gasteiger partial charge in [0.2, 0.25) is 5.82 Å². The number of piperidine rings is 1. The monoisotopic (exact) mass is 276 g/mol. The van der Waals surface area contributed by atoms with E-state index < -0.39 is 5.97 Å². The Morgan fingerprint density at radius 2 is 2.40 bits per heavy atom. The zero-order chi connectivity index (χ0) is 14.0. The summed E-state index contributed by atoms with van der Waals surface area (Å²) in [5, 5.41) is 7.06. The zero-order valence-corrected chi connectivity index (χ0v) is 11.7. The summed E-state index contributed by atoms with van der Waals surface area (Å²) >= 11 is 0. The van der Waals surface area contributed by atoms with Crippen LogP contribution in [0.3, 0.4) is 0 Å². The van der Waals surface area contributed by atoms with Crippen LogP contribution in [0.4, 0.5) is 5.82 Å². The van der Waals surface area contributed by atoms with Gasteiger partial charge in [-0.3, -0.25) is 0 Å². The highest BCUT2D eigenvalue weighted by molar-refractivity contribution is 5.85. The van der Waals surface area contributed by atoms with Gasteiger partial charge in [-0.25, -0.2) is 14.8 Å². The van der Waals surface area contributed by atoms with Crippen LogP contribution in [0.25, 0.3) is 0 Å². The van der Waals surface area contributed by atoms with Gasteiger partial charge < -0.3 is 15.4 Å². The third kappa shape index (κ3) is 2.60. The molecule has 1 aliphatic carbocycles. The fraction of sp³-hybridized carbons (Fsp3) is 0.643. The number of hydrogen-bond donors (Lipinski definition) is 2. The number of hydrogen-bond acceptors (Lipinski definition) is 6. The molecule has 2 heterocycles. The third-order valence-electron chi connectivity index (χ3n) is 4.32. The number of methoxy groups -OCH3 is 1. The minimum atomic E-state index is -0.505. The largest absolute Gasteiger partial charge is 0.463 e. The van der Waals surface area contributed by atoms with Crippen LogP contribution >= 0.6 is 0 Å². The average Bonchev–Trinajstić information content (AvgIpc) is 2.45. The number of nitrogens with zero attached hydrogens (tertiary/aromatic N) is 2. The van der Waals surface area contributed by atoms with Crippen molar-refractivity contribution >= 4 is 11.8 Å². The summed E-state index contributed by atoms with van der Waals surface area (Å²) in [6.07, 6.45) is 7.62. The Labute approximate surface area is 118 Å². The van der Waals surface area contributed by atoms with Crippen LogP contribution < -0.4 is 10.6 Å². The lowest BCUT2D eigenvalue weighted by Gasteiger charge is -2.48. The van der Waals surface area contributed by atoms with Gasteiger partial charge in [-0.15, -0.1) is 0 Å². The molecule has 1 unspecified atom stereocenters. The van der Waals surface area contributed by atoms with E-state index >= 15 is 0 Å². The molecule has 1 atom stereocenters. The highest BCUT2D eigenvalue weighted by atomic mass is 16.5. The summed E-state index contributed by atoms with van der Waals surface area (Å²) < 4.78 is 4.64. The van der Waals surface area contributed by atoms with Crippen LogP contribution in [0.2, 0.25) is 0 Å². The molecule has 1 saturated heterocycles. The summed E-state index contributed by atoms with van der Waals surface area (Å²) in [5.74, 6) is 0.293. The van der Waals surface area contributed by atoms with Crippen LogP contribution in [0.1, 0.15) is 42.7 Å². The van der Waals surface area contributed by atoms with Crippen LogP contribution in [-0.4, -0.2) is 41.2 Å². The molecule has 108 valence electrons. The van der Waals surface area contributed by atoms with Crippen molar-refractivity contribution < 1.29 is 9.53 Å². The number of ether oxygens (including phenoxy) is 1. The molecule has 1 spiro atoms. The van der Waals surface area contributed by atoms with Gasteiger partial charge in [-0.2, -0.15) is 0 Å². The summed E-state index contributed by atoms with van der Waals surface area (Å²) in [4.78, 5) is 19.6. The number of carbonyl (C=O) groups is 1. The normalized spacial score (nSPS) is 23.9. The van der Waals surface area contributed by atoms with E-state index in [1.165, 1.54) is 26.4 Å². The van der Waals surface area contributed by atoms with E-state index in [0.29, 0.717) is 17.4 Å². The van der Waals surface area contributed by atoms with Crippen molar-refractivity contribution in [2.45, 2.75) is 43.7 Å². The van der Waals surface area contributed by atoms with Gasteiger partial charge in [0.05, 0.1) is 7.11 Å². The molecule has 1 aliphatic heterocycles. The van der Waals surface area contributed by atoms with Crippen LogP contribution in [-0.2, 0) is 4.74 Å². The lowest BCUT2D eigenvalue weighted by Crippen LogP contribution is -2.58. The highest BCUT2D eigenvalue weighted by Gasteiger charge is 2.40. The van der Waals surface area contributed by atoms with Gasteiger partial charge >= 0.3 is 5.97 Å². The molecule has 0 bridgehead atoms. The van der Waals surface area contributed by atoms with Gasteiger partial charge in [-0.1, -0.05) is 0 Å². The number of anilines is 1. The first-order valence-electron chi connectivity index (χ1n) is 7.14. The van der Waals surface area contributed by atoms with E-state index in [2.05, 4.69) is 25.3 Å². The second kappa shape index (κ2) is 5.36. The first-order valence-corrected chi connectivity index (χ1v) is 7.14. The molecule has 2 fully saturated rings. The van der Waals surface area contributed by atoms with Gasteiger partial charge in [-0.05, 0) is 44.7 Å². The molecule has 6 heteroatoms. The Bertz CT molecular complexity index is 502. The average molecular weight is 276 g/mol. The quantitative estimate of drug-likeness (QED) is 0.812. The Hall–Kier alpha value is -1.69. The second-order valence-corrected chi connectivity index (χ2v) is 5.65. The minimum Gasteiger partial charge on any atom is -0.463 e. The van der Waals surface area contributed by atoms with Crippen molar-refractivity contribution in [3.8, 4) is 0 Å².